The predicted octanol–water partition coefficient (Wildman–Crippen LogP) is 1.44. The normalized spacial score (nSPS) is 11.4. The lowest BCUT2D eigenvalue weighted by atomic mass is 10.2. The molecule has 0 aliphatic rings. The van der Waals surface area contributed by atoms with Gasteiger partial charge in [0, 0.05) is 11.1 Å². The first kappa shape index (κ1) is 20.1. The van der Waals surface area contributed by atoms with Crippen molar-refractivity contribution in [2.75, 3.05) is 24.9 Å². The second kappa shape index (κ2) is 8.95. The van der Waals surface area contributed by atoms with E-state index < -0.39 is 24.3 Å². The van der Waals surface area contributed by atoms with Gasteiger partial charge >= 0.3 is 0 Å². The van der Waals surface area contributed by atoms with Crippen LogP contribution in [0.15, 0.2) is 24.5 Å². The highest BCUT2D eigenvalue weighted by Gasteiger charge is 2.20. The third-order valence-electron chi connectivity index (χ3n) is 3.68. The molecule has 0 unspecified atom stereocenters. The Morgan fingerprint density at radius 2 is 1.48 bits per heavy atom. The van der Waals surface area contributed by atoms with Crippen LogP contribution in [0, 0.1) is 13.8 Å². The monoisotopic (exact) mass is 374 g/mol. The molecule has 2 aromatic heterocycles. The highest BCUT2D eigenvalue weighted by molar-refractivity contribution is 5.99. The van der Waals surface area contributed by atoms with Gasteiger partial charge < -0.3 is 25.2 Å². The topological polar surface area (TPSA) is 123 Å². The molecule has 0 radical (unpaired) electrons. The maximum Gasteiger partial charge on any atom is 0.253 e. The molecule has 2 amide bonds. The van der Waals surface area contributed by atoms with Crippen molar-refractivity contribution >= 4 is 23.2 Å². The molecule has 0 saturated carbocycles. The average molecular weight is 374 g/mol. The lowest BCUT2D eigenvalue weighted by Gasteiger charge is -2.13. The second-order valence-electron chi connectivity index (χ2n) is 5.86. The molecule has 2 heterocycles. The summed E-state index contributed by atoms with van der Waals surface area (Å²) in [5, 5.41) is 15.1. The van der Waals surface area contributed by atoms with Crippen molar-refractivity contribution in [2.24, 2.45) is 0 Å². The summed E-state index contributed by atoms with van der Waals surface area (Å²) in [6.45, 7) is 3.56. The standard InChI is InChI=1S/C18H22N4O5/c1-10-5-12(8-19-17(10)26-3)21-15(24)7-14(23)16(25)22-13-6-11(2)18(27-4)20-9-13/h5-6,8-9,14,23H,7H2,1-4H3,(H,21,24)(H,22,25)/t14-/m1/s1. The summed E-state index contributed by atoms with van der Waals surface area (Å²) in [4.78, 5) is 32.2. The van der Waals surface area contributed by atoms with E-state index in [4.69, 9.17) is 9.47 Å². The zero-order valence-electron chi connectivity index (χ0n) is 15.6. The van der Waals surface area contributed by atoms with Crippen LogP contribution in [-0.2, 0) is 9.59 Å². The van der Waals surface area contributed by atoms with Gasteiger partial charge in [-0.05, 0) is 26.0 Å². The number of aliphatic hydroxyl groups excluding tert-OH is 1. The molecular weight excluding hydrogens is 352 g/mol. The molecule has 2 aromatic rings. The predicted molar refractivity (Wildman–Crippen MR) is 98.9 cm³/mol. The third kappa shape index (κ3) is 5.38. The molecular formula is C18H22N4O5. The van der Waals surface area contributed by atoms with Gasteiger partial charge in [0.15, 0.2) is 0 Å². The molecule has 0 aromatic carbocycles. The van der Waals surface area contributed by atoms with Crippen LogP contribution in [-0.4, -0.2) is 47.2 Å². The van der Waals surface area contributed by atoms with Crippen molar-refractivity contribution in [3.63, 3.8) is 0 Å². The van der Waals surface area contributed by atoms with E-state index >= 15 is 0 Å². The van der Waals surface area contributed by atoms with Gasteiger partial charge in [0.1, 0.15) is 6.10 Å². The van der Waals surface area contributed by atoms with Crippen LogP contribution in [0.2, 0.25) is 0 Å². The number of anilines is 2. The Kier molecular flexibility index (Phi) is 6.67. The SMILES string of the molecule is COc1ncc(NC(=O)C[C@@H](O)C(=O)Nc2cnc(OC)c(C)c2)cc1C. The highest BCUT2D eigenvalue weighted by Crippen LogP contribution is 2.19. The fraction of sp³-hybridized carbons (Fsp3) is 0.333. The number of carbonyl (C=O) groups excluding carboxylic acids is 2. The van der Waals surface area contributed by atoms with E-state index in [9.17, 15) is 14.7 Å². The van der Waals surface area contributed by atoms with Crippen molar-refractivity contribution in [3.05, 3.63) is 35.7 Å². The van der Waals surface area contributed by atoms with Crippen molar-refractivity contribution in [2.45, 2.75) is 26.4 Å². The minimum Gasteiger partial charge on any atom is -0.481 e. The molecule has 0 aliphatic carbocycles. The van der Waals surface area contributed by atoms with E-state index in [1.54, 1.807) is 26.0 Å². The first-order valence-electron chi connectivity index (χ1n) is 8.14. The van der Waals surface area contributed by atoms with Crippen LogP contribution in [0.4, 0.5) is 11.4 Å². The number of aryl methyl sites for hydroxylation is 2. The minimum atomic E-state index is -1.51. The molecule has 0 bridgehead atoms. The molecule has 9 nitrogen and oxygen atoms in total. The Morgan fingerprint density at radius 3 is 1.93 bits per heavy atom. The highest BCUT2D eigenvalue weighted by atomic mass is 16.5. The van der Waals surface area contributed by atoms with Crippen molar-refractivity contribution in [1.29, 1.82) is 0 Å². The molecule has 144 valence electrons. The van der Waals surface area contributed by atoms with Gasteiger partial charge in [-0.2, -0.15) is 0 Å². The van der Waals surface area contributed by atoms with Crippen LogP contribution >= 0.6 is 0 Å². The van der Waals surface area contributed by atoms with Gasteiger partial charge in [0.25, 0.3) is 5.91 Å². The van der Waals surface area contributed by atoms with Gasteiger partial charge in [0.2, 0.25) is 17.7 Å². The number of aromatic nitrogens is 2. The number of carbonyl (C=O) groups is 2. The van der Waals surface area contributed by atoms with E-state index in [1.807, 2.05) is 0 Å². The number of nitrogens with zero attached hydrogens (tertiary/aromatic N) is 2. The molecule has 9 heteroatoms. The summed E-state index contributed by atoms with van der Waals surface area (Å²) >= 11 is 0. The second-order valence-corrected chi connectivity index (χ2v) is 5.86. The molecule has 0 spiro atoms. The zero-order chi connectivity index (χ0) is 20.0. The number of amides is 2. The van der Waals surface area contributed by atoms with Gasteiger partial charge in [-0.25, -0.2) is 9.97 Å². The van der Waals surface area contributed by atoms with Gasteiger partial charge in [-0.1, -0.05) is 0 Å². The van der Waals surface area contributed by atoms with E-state index in [2.05, 4.69) is 20.6 Å². The summed E-state index contributed by atoms with van der Waals surface area (Å²) in [6.07, 6.45) is 0.920. The number of ether oxygens (including phenoxy) is 2. The van der Waals surface area contributed by atoms with Crippen molar-refractivity contribution < 1.29 is 24.2 Å². The number of pyridine rings is 2. The Balaban J connectivity index is 1.92. The van der Waals surface area contributed by atoms with Crippen LogP contribution < -0.4 is 20.1 Å². The number of hydrogen-bond acceptors (Lipinski definition) is 7. The summed E-state index contributed by atoms with van der Waals surface area (Å²) in [6, 6.07) is 3.34. The summed E-state index contributed by atoms with van der Waals surface area (Å²) in [5.74, 6) is -0.333. The Hall–Kier alpha value is -3.20. The van der Waals surface area contributed by atoms with Crippen LogP contribution in [0.25, 0.3) is 0 Å². The van der Waals surface area contributed by atoms with Gasteiger partial charge in [-0.15, -0.1) is 0 Å². The molecule has 1 atom stereocenters. The van der Waals surface area contributed by atoms with E-state index in [0.717, 1.165) is 11.1 Å². The van der Waals surface area contributed by atoms with Crippen LogP contribution in [0.1, 0.15) is 17.5 Å². The fourth-order valence-electron chi connectivity index (χ4n) is 2.39. The van der Waals surface area contributed by atoms with Crippen molar-refractivity contribution in [1.82, 2.24) is 9.97 Å². The van der Waals surface area contributed by atoms with Gasteiger partial charge in [-0.3, -0.25) is 9.59 Å². The molecule has 27 heavy (non-hydrogen) atoms. The third-order valence-corrected chi connectivity index (χ3v) is 3.68. The first-order chi connectivity index (χ1) is 12.8. The summed E-state index contributed by atoms with van der Waals surface area (Å²) in [7, 11) is 3.00. The minimum absolute atomic E-state index is 0.396. The average Bonchev–Trinajstić information content (AvgIpc) is 2.62. The zero-order valence-corrected chi connectivity index (χ0v) is 15.6. The van der Waals surface area contributed by atoms with E-state index in [0.29, 0.717) is 23.1 Å². The van der Waals surface area contributed by atoms with Crippen molar-refractivity contribution in [3.8, 4) is 11.8 Å². The van der Waals surface area contributed by atoms with Crippen LogP contribution in [0.3, 0.4) is 0 Å². The Labute approximate surface area is 156 Å². The smallest absolute Gasteiger partial charge is 0.253 e. The molecule has 0 saturated heterocycles. The summed E-state index contributed by atoms with van der Waals surface area (Å²) < 4.78 is 10.1. The fourth-order valence-corrected chi connectivity index (χ4v) is 2.39. The number of aliphatic hydroxyl groups is 1. The Bertz CT molecular complexity index is 840. The Morgan fingerprint density at radius 1 is 1.00 bits per heavy atom. The molecule has 0 fully saturated rings. The van der Waals surface area contributed by atoms with Gasteiger partial charge in [0.05, 0.1) is 44.4 Å². The number of rotatable bonds is 7. The number of methoxy groups -OCH3 is 2. The lowest BCUT2D eigenvalue weighted by molar-refractivity contribution is -0.128. The maximum absolute atomic E-state index is 12.1. The maximum atomic E-state index is 12.1. The number of hydrogen-bond donors (Lipinski definition) is 3. The van der Waals surface area contributed by atoms with Crippen LogP contribution in [0.5, 0.6) is 11.8 Å². The molecule has 0 aliphatic heterocycles. The molecule has 2 rings (SSSR count). The largest absolute Gasteiger partial charge is 0.481 e. The lowest BCUT2D eigenvalue weighted by Crippen LogP contribution is -2.31. The molecule has 3 N–H and O–H groups in total. The van der Waals surface area contributed by atoms with E-state index in [1.165, 1.54) is 26.6 Å². The summed E-state index contributed by atoms with van der Waals surface area (Å²) in [5.41, 5.74) is 2.31. The number of nitrogens with one attached hydrogen (secondary N) is 2. The van der Waals surface area contributed by atoms with E-state index in [-0.39, 0.29) is 0 Å². The quantitative estimate of drug-likeness (QED) is 0.670. The first-order valence-corrected chi connectivity index (χ1v) is 8.14.